The van der Waals surface area contributed by atoms with Gasteiger partial charge in [0.2, 0.25) is 0 Å². The molecule has 3 N–H and O–H groups in total. The van der Waals surface area contributed by atoms with Crippen LogP contribution in [0.15, 0.2) is 30.3 Å². The second-order valence-corrected chi connectivity index (χ2v) is 6.24. The first-order chi connectivity index (χ1) is 9.42. The molecule has 0 saturated carbocycles. The number of hydrogen-bond donors (Lipinski definition) is 2. The Morgan fingerprint density at radius 2 is 2.05 bits per heavy atom. The molecule has 1 aliphatic heterocycles. The predicted octanol–water partition coefficient (Wildman–Crippen LogP) is 2.26. The van der Waals surface area contributed by atoms with Gasteiger partial charge in [-0.15, -0.1) is 0 Å². The van der Waals surface area contributed by atoms with E-state index >= 15 is 0 Å². The van der Waals surface area contributed by atoms with E-state index in [0.717, 1.165) is 13.0 Å². The largest absolute Gasteiger partial charge is 0.480 e. The molecule has 1 aromatic carbocycles. The van der Waals surface area contributed by atoms with Gasteiger partial charge in [0.1, 0.15) is 5.54 Å². The summed E-state index contributed by atoms with van der Waals surface area (Å²) in [5.41, 5.74) is 6.15. The highest BCUT2D eigenvalue weighted by Crippen LogP contribution is 2.33. The fourth-order valence-corrected chi connectivity index (χ4v) is 2.92. The third kappa shape index (κ3) is 3.19. The van der Waals surface area contributed by atoms with Gasteiger partial charge in [-0.05, 0) is 24.3 Å². The summed E-state index contributed by atoms with van der Waals surface area (Å²) in [7, 11) is 0. The average molecular weight is 276 g/mol. The van der Waals surface area contributed by atoms with Gasteiger partial charge in [-0.1, -0.05) is 44.2 Å². The van der Waals surface area contributed by atoms with Gasteiger partial charge < -0.3 is 10.8 Å². The smallest absolute Gasteiger partial charge is 0.325 e. The second-order valence-electron chi connectivity index (χ2n) is 6.24. The molecule has 2 atom stereocenters. The maximum absolute atomic E-state index is 11.3. The Morgan fingerprint density at radius 3 is 2.55 bits per heavy atom. The molecule has 0 aliphatic carbocycles. The van der Waals surface area contributed by atoms with Crippen LogP contribution in [0.4, 0.5) is 0 Å². The standard InChI is InChI=1S/C16H24N2O2/c1-12(2)10-14(13-6-4-3-5-7-13)18-9-8-16(17,11-18)15(19)20/h3-7,12,14H,8-11,17H2,1-2H3,(H,19,20). The summed E-state index contributed by atoms with van der Waals surface area (Å²) in [6.07, 6.45) is 1.53. The Balaban J connectivity index is 2.19. The van der Waals surface area contributed by atoms with E-state index in [1.54, 1.807) is 0 Å². The van der Waals surface area contributed by atoms with Gasteiger partial charge in [0, 0.05) is 19.1 Å². The molecule has 1 fully saturated rings. The number of nitrogens with zero attached hydrogens (tertiary/aromatic N) is 1. The quantitative estimate of drug-likeness (QED) is 0.865. The minimum atomic E-state index is -1.09. The van der Waals surface area contributed by atoms with Crippen molar-refractivity contribution >= 4 is 5.97 Å². The molecule has 1 aliphatic rings. The van der Waals surface area contributed by atoms with E-state index in [1.807, 2.05) is 18.2 Å². The first-order valence-corrected chi connectivity index (χ1v) is 7.23. The van der Waals surface area contributed by atoms with E-state index in [4.69, 9.17) is 5.73 Å². The Morgan fingerprint density at radius 1 is 1.40 bits per heavy atom. The van der Waals surface area contributed by atoms with E-state index in [-0.39, 0.29) is 6.04 Å². The molecule has 1 heterocycles. The van der Waals surface area contributed by atoms with Crippen molar-refractivity contribution in [1.29, 1.82) is 0 Å². The third-order valence-electron chi connectivity index (χ3n) is 4.08. The van der Waals surface area contributed by atoms with Crippen LogP contribution < -0.4 is 5.73 Å². The summed E-state index contributed by atoms with van der Waals surface area (Å²) in [4.78, 5) is 13.5. The molecule has 2 unspecified atom stereocenters. The summed E-state index contributed by atoms with van der Waals surface area (Å²) in [6.45, 7) is 5.56. The number of rotatable bonds is 5. The third-order valence-corrected chi connectivity index (χ3v) is 4.08. The van der Waals surface area contributed by atoms with Gasteiger partial charge in [0.15, 0.2) is 0 Å². The highest BCUT2D eigenvalue weighted by atomic mass is 16.4. The molecule has 0 aromatic heterocycles. The zero-order valence-corrected chi connectivity index (χ0v) is 12.2. The van der Waals surface area contributed by atoms with Gasteiger partial charge in [-0.2, -0.15) is 0 Å². The number of aliphatic carboxylic acids is 1. The van der Waals surface area contributed by atoms with Crippen LogP contribution in [0.3, 0.4) is 0 Å². The van der Waals surface area contributed by atoms with Crippen LogP contribution in [-0.2, 0) is 4.79 Å². The fourth-order valence-electron chi connectivity index (χ4n) is 2.92. The predicted molar refractivity (Wildman–Crippen MR) is 79.4 cm³/mol. The van der Waals surface area contributed by atoms with Crippen molar-refractivity contribution in [2.45, 2.75) is 38.3 Å². The van der Waals surface area contributed by atoms with Crippen LogP contribution in [0.25, 0.3) is 0 Å². The summed E-state index contributed by atoms with van der Waals surface area (Å²) in [5.74, 6) is -0.339. The Bertz CT molecular complexity index is 461. The zero-order chi connectivity index (χ0) is 14.8. The molecule has 0 bridgehead atoms. The Hall–Kier alpha value is -1.39. The molecular weight excluding hydrogens is 252 g/mol. The van der Waals surface area contributed by atoms with Crippen LogP contribution in [0.5, 0.6) is 0 Å². The maximum Gasteiger partial charge on any atom is 0.325 e. The molecule has 4 nitrogen and oxygen atoms in total. The monoisotopic (exact) mass is 276 g/mol. The minimum absolute atomic E-state index is 0.251. The van der Waals surface area contributed by atoms with Gasteiger partial charge in [0.25, 0.3) is 0 Å². The van der Waals surface area contributed by atoms with Crippen molar-refractivity contribution in [2.24, 2.45) is 11.7 Å². The van der Waals surface area contributed by atoms with Gasteiger partial charge >= 0.3 is 5.97 Å². The number of hydrogen-bond acceptors (Lipinski definition) is 3. The summed E-state index contributed by atoms with van der Waals surface area (Å²) >= 11 is 0. The minimum Gasteiger partial charge on any atom is -0.480 e. The molecule has 110 valence electrons. The molecule has 1 saturated heterocycles. The van der Waals surface area contributed by atoms with Crippen LogP contribution in [0, 0.1) is 5.92 Å². The molecule has 0 radical (unpaired) electrons. The molecule has 20 heavy (non-hydrogen) atoms. The zero-order valence-electron chi connectivity index (χ0n) is 12.2. The summed E-state index contributed by atoms with van der Waals surface area (Å²) < 4.78 is 0. The number of likely N-dealkylation sites (tertiary alicyclic amines) is 1. The number of nitrogens with two attached hydrogens (primary N) is 1. The van der Waals surface area contributed by atoms with Crippen LogP contribution in [0.2, 0.25) is 0 Å². The lowest BCUT2D eigenvalue weighted by atomic mass is 9.95. The van der Waals surface area contributed by atoms with Crippen molar-refractivity contribution < 1.29 is 9.90 Å². The van der Waals surface area contributed by atoms with Gasteiger partial charge in [-0.25, -0.2) is 0 Å². The fraction of sp³-hybridized carbons (Fsp3) is 0.562. The van der Waals surface area contributed by atoms with Crippen molar-refractivity contribution in [3.05, 3.63) is 35.9 Å². The molecule has 0 spiro atoms. The van der Waals surface area contributed by atoms with E-state index in [2.05, 4.69) is 30.9 Å². The van der Waals surface area contributed by atoms with Gasteiger partial charge in [0.05, 0.1) is 0 Å². The van der Waals surface area contributed by atoms with Crippen LogP contribution in [0.1, 0.15) is 38.3 Å². The number of carboxylic acids is 1. The Labute approximate surface area is 120 Å². The highest BCUT2D eigenvalue weighted by Gasteiger charge is 2.43. The SMILES string of the molecule is CC(C)CC(c1ccccc1)N1CCC(N)(C(=O)O)C1. The second kappa shape index (κ2) is 5.94. The highest BCUT2D eigenvalue weighted by molar-refractivity contribution is 5.79. The van der Waals surface area contributed by atoms with Crippen molar-refractivity contribution in [3.63, 3.8) is 0 Å². The first kappa shape index (κ1) is 15.0. The number of carbonyl (C=O) groups is 1. The molecular formula is C16H24N2O2. The van der Waals surface area contributed by atoms with E-state index in [9.17, 15) is 9.90 Å². The number of benzene rings is 1. The van der Waals surface area contributed by atoms with Crippen LogP contribution >= 0.6 is 0 Å². The molecule has 0 amide bonds. The van der Waals surface area contributed by atoms with Crippen molar-refractivity contribution in [1.82, 2.24) is 4.90 Å². The number of carboxylic acid groups (broad SMARTS) is 1. The maximum atomic E-state index is 11.3. The lowest BCUT2D eigenvalue weighted by Crippen LogP contribution is -2.50. The van der Waals surface area contributed by atoms with Crippen molar-refractivity contribution in [3.8, 4) is 0 Å². The normalized spacial score (nSPS) is 25.0. The summed E-state index contributed by atoms with van der Waals surface area (Å²) in [6, 6.07) is 10.6. The topological polar surface area (TPSA) is 66.6 Å². The van der Waals surface area contributed by atoms with E-state index in [0.29, 0.717) is 18.9 Å². The molecule has 2 rings (SSSR count). The van der Waals surface area contributed by atoms with Gasteiger partial charge in [-0.3, -0.25) is 9.69 Å². The Kier molecular flexibility index (Phi) is 4.45. The van der Waals surface area contributed by atoms with E-state index in [1.165, 1.54) is 5.56 Å². The summed E-state index contributed by atoms with van der Waals surface area (Å²) in [5, 5.41) is 9.27. The molecule has 4 heteroatoms. The first-order valence-electron chi connectivity index (χ1n) is 7.23. The van der Waals surface area contributed by atoms with Crippen molar-refractivity contribution in [2.75, 3.05) is 13.1 Å². The lowest BCUT2D eigenvalue weighted by Gasteiger charge is -2.30. The molecule has 1 aromatic rings. The van der Waals surface area contributed by atoms with Crippen LogP contribution in [-0.4, -0.2) is 34.6 Å². The van der Waals surface area contributed by atoms with E-state index < -0.39 is 11.5 Å². The average Bonchev–Trinajstić information content (AvgIpc) is 2.81. The lowest BCUT2D eigenvalue weighted by molar-refractivity contribution is -0.142.